The highest BCUT2D eigenvalue weighted by molar-refractivity contribution is 7.80. The zero-order valence-corrected chi connectivity index (χ0v) is 17.8. The summed E-state index contributed by atoms with van der Waals surface area (Å²) < 4.78 is 5.39. The number of carbonyl (C=O) groups excluding carboxylic acids is 1. The van der Waals surface area contributed by atoms with Gasteiger partial charge in [0.05, 0.1) is 12.3 Å². The number of carbonyl (C=O) groups is 1. The first-order valence-corrected chi connectivity index (χ1v) is 10.7. The van der Waals surface area contributed by atoms with E-state index in [-0.39, 0.29) is 11.0 Å². The van der Waals surface area contributed by atoms with Crippen molar-refractivity contribution < 1.29 is 9.53 Å². The molecule has 0 fully saturated rings. The van der Waals surface area contributed by atoms with E-state index < -0.39 is 0 Å². The molecule has 0 aliphatic carbocycles. The van der Waals surface area contributed by atoms with E-state index in [2.05, 4.69) is 39.9 Å². The van der Waals surface area contributed by atoms with Crippen molar-refractivity contribution in [2.75, 3.05) is 11.9 Å². The van der Waals surface area contributed by atoms with E-state index in [9.17, 15) is 4.79 Å². The van der Waals surface area contributed by atoms with Crippen LogP contribution in [0.5, 0.6) is 5.75 Å². The number of anilines is 1. The van der Waals surface area contributed by atoms with Crippen LogP contribution in [0.1, 0.15) is 17.3 Å². The molecule has 0 aliphatic heterocycles. The van der Waals surface area contributed by atoms with E-state index in [1.165, 1.54) is 16.7 Å². The van der Waals surface area contributed by atoms with Gasteiger partial charge in [-0.3, -0.25) is 10.1 Å². The number of hydrogen-bond acceptors (Lipinski definition) is 5. The Morgan fingerprint density at radius 1 is 1.07 bits per heavy atom. The van der Waals surface area contributed by atoms with Gasteiger partial charge in [0, 0.05) is 16.5 Å². The Hall–Kier alpha value is -3.29. The predicted octanol–water partition coefficient (Wildman–Crippen LogP) is 5.49. The number of thiocarbonyl (C=S) groups is 1. The summed E-state index contributed by atoms with van der Waals surface area (Å²) in [7, 11) is 0. The topological polar surface area (TPSA) is 63.2 Å². The molecule has 1 aromatic heterocycles. The monoisotopic (exact) mass is 433 g/mol. The van der Waals surface area contributed by atoms with Crippen LogP contribution in [0, 0.1) is 0 Å². The van der Waals surface area contributed by atoms with Crippen molar-refractivity contribution in [3.63, 3.8) is 0 Å². The summed E-state index contributed by atoms with van der Waals surface area (Å²) in [4.78, 5) is 17.0. The lowest BCUT2D eigenvalue weighted by molar-refractivity contribution is 0.0977. The van der Waals surface area contributed by atoms with Crippen molar-refractivity contribution in [3.8, 4) is 17.0 Å². The number of fused-ring (bicyclic) bond motifs is 1. The maximum absolute atomic E-state index is 12.4. The number of amides is 1. The van der Waals surface area contributed by atoms with Gasteiger partial charge in [-0.2, -0.15) is 0 Å². The Balaban J connectivity index is 1.40. The standard InChI is InChI=1S/C23H19N3O2S2/c1-2-28-19-11-9-16(10-12-19)21(27)25-22(29)26-23-24-20(14-30-23)18-8-7-15-5-3-4-6-17(15)13-18/h3-14H,2H2,1H3,(H2,24,25,26,27,29). The number of benzene rings is 3. The molecule has 0 saturated heterocycles. The van der Waals surface area contributed by atoms with Crippen LogP contribution in [0.15, 0.2) is 72.1 Å². The van der Waals surface area contributed by atoms with Gasteiger partial charge in [0.1, 0.15) is 5.75 Å². The second kappa shape index (κ2) is 9.02. The number of hydrogen-bond donors (Lipinski definition) is 2. The van der Waals surface area contributed by atoms with Gasteiger partial charge in [0.25, 0.3) is 5.91 Å². The van der Waals surface area contributed by atoms with E-state index in [0.29, 0.717) is 17.3 Å². The number of rotatable bonds is 5. The van der Waals surface area contributed by atoms with Crippen molar-refractivity contribution in [2.45, 2.75) is 6.92 Å². The molecule has 0 aliphatic rings. The Morgan fingerprint density at radius 3 is 2.60 bits per heavy atom. The van der Waals surface area contributed by atoms with Crippen LogP contribution in [0.2, 0.25) is 0 Å². The normalized spacial score (nSPS) is 10.6. The van der Waals surface area contributed by atoms with Crippen molar-refractivity contribution in [1.29, 1.82) is 0 Å². The fraction of sp³-hybridized carbons (Fsp3) is 0.0870. The predicted molar refractivity (Wildman–Crippen MR) is 126 cm³/mol. The number of nitrogens with zero attached hydrogens (tertiary/aromatic N) is 1. The van der Waals surface area contributed by atoms with E-state index in [1.807, 2.05) is 30.5 Å². The van der Waals surface area contributed by atoms with Gasteiger partial charge < -0.3 is 10.1 Å². The van der Waals surface area contributed by atoms with Gasteiger partial charge in [-0.05, 0) is 60.2 Å². The minimum Gasteiger partial charge on any atom is -0.494 e. The van der Waals surface area contributed by atoms with Gasteiger partial charge in [0.15, 0.2) is 10.2 Å². The summed E-state index contributed by atoms with van der Waals surface area (Å²) in [6.45, 7) is 2.49. The molecular formula is C23H19N3O2S2. The molecule has 1 amide bonds. The lowest BCUT2D eigenvalue weighted by Gasteiger charge is -2.08. The molecule has 150 valence electrons. The number of nitrogens with one attached hydrogen (secondary N) is 2. The van der Waals surface area contributed by atoms with Crippen LogP contribution in [-0.4, -0.2) is 22.6 Å². The van der Waals surface area contributed by atoms with E-state index in [0.717, 1.165) is 22.4 Å². The Labute approximate surface area is 183 Å². The van der Waals surface area contributed by atoms with Crippen molar-refractivity contribution in [1.82, 2.24) is 10.3 Å². The molecule has 2 N–H and O–H groups in total. The molecule has 3 aromatic carbocycles. The number of ether oxygens (including phenoxy) is 1. The quantitative estimate of drug-likeness (QED) is 0.408. The maximum atomic E-state index is 12.4. The molecule has 4 aromatic rings. The van der Waals surface area contributed by atoms with Gasteiger partial charge >= 0.3 is 0 Å². The molecule has 0 unspecified atom stereocenters. The molecule has 0 atom stereocenters. The molecule has 0 spiro atoms. The van der Waals surface area contributed by atoms with E-state index >= 15 is 0 Å². The van der Waals surface area contributed by atoms with Crippen molar-refractivity contribution in [2.24, 2.45) is 0 Å². The van der Waals surface area contributed by atoms with Crippen LogP contribution < -0.4 is 15.4 Å². The highest BCUT2D eigenvalue weighted by Gasteiger charge is 2.11. The average molecular weight is 434 g/mol. The van der Waals surface area contributed by atoms with Crippen LogP contribution >= 0.6 is 23.6 Å². The second-order valence-corrected chi connectivity index (χ2v) is 7.73. The summed E-state index contributed by atoms with van der Waals surface area (Å²) in [5, 5.41) is 10.8. The summed E-state index contributed by atoms with van der Waals surface area (Å²) >= 11 is 6.70. The highest BCUT2D eigenvalue weighted by Crippen LogP contribution is 2.27. The fourth-order valence-electron chi connectivity index (χ4n) is 2.99. The van der Waals surface area contributed by atoms with Gasteiger partial charge in [-0.15, -0.1) is 11.3 Å². The summed E-state index contributed by atoms with van der Waals surface area (Å²) in [5.41, 5.74) is 2.38. The molecule has 5 nitrogen and oxygen atoms in total. The molecular weight excluding hydrogens is 414 g/mol. The van der Waals surface area contributed by atoms with Gasteiger partial charge in [-0.1, -0.05) is 36.4 Å². The lowest BCUT2D eigenvalue weighted by atomic mass is 10.1. The zero-order valence-electron chi connectivity index (χ0n) is 16.2. The molecule has 0 radical (unpaired) electrons. The van der Waals surface area contributed by atoms with Crippen LogP contribution in [-0.2, 0) is 0 Å². The van der Waals surface area contributed by atoms with Crippen LogP contribution in [0.25, 0.3) is 22.0 Å². The summed E-state index contributed by atoms with van der Waals surface area (Å²) in [5.74, 6) is 0.431. The molecule has 0 bridgehead atoms. The first kappa shape index (κ1) is 20.0. The lowest BCUT2D eigenvalue weighted by Crippen LogP contribution is -2.34. The Morgan fingerprint density at radius 2 is 1.83 bits per heavy atom. The SMILES string of the molecule is CCOc1ccc(C(=O)NC(=S)Nc2nc(-c3ccc4ccccc4c3)cs2)cc1. The Bertz CT molecular complexity index is 1200. The van der Waals surface area contributed by atoms with Crippen LogP contribution in [0.4, 0.5) is 5.13 Å². The third-order valence-corrected chi connectivity index (χ3v) is 5.39. The highest BCUT2D eigenvalue weighted by atomic mass is 32.1. The Kier molecular flexibility index (Phi) is 6.02. The van der Waals surface area contributed by atoms with Gasteiger partial charge in [0.2, 0.25) is 0 Å². The van der Waals surface area contributed by atoms with Crippen LogP contribution in [0.3, 0.4) is 0 Å². The molecule has 0 saturated carbocycles. The van der Waals surface area contributed by atoms with Crippen molar-refractivity contribution >= 4 is 50.5 Å². The van der Waals surface area contributed by atoms with E-state index in [1.54, 1.807) is 24.3 Å². The molecule has 1 heterocycles. The van der Waals surface area contributed by atoms with Crippen molar-refractivity contribution in [3.05, 3.63) is 77.7 Å². The number of thiazole rings is 1. The second-order valence-electron chi connectivity index (χ2n) is 6.47. The first-order chi connectivity index (χ1) is 14.6. The molecule has 7 heteroatoms. The largest absolute Gasteiger partial charge is 0.494 e. The first-order valence-electron chi connectivity index (χ1n) is 9.42. The molecule has 30 heavy (non-hydrogen) atoms. The minimum absolute atomic E-state index is 0.202. The fourth-order valence-corrected chi connectivity index (χ4v) is 3.96. The zero-order chi connectivity index (χ0) is 20.9. The smallest absolute Gasteiger partial charge is 0.257 e. The summed E-state index contributed by atoms with van der Waals surface area (Å²) in [6.07, 6.45) is 0. The summed E-state index contributed by atoms with van der Waals surface area (Å²) in [6, 6.07) is 21.4. The molecule has 4 rings (SSSR count). The van der Waals surface area contributed by atoms with E-state index in [4.69, 9.17) is 17.0 Å². The average Bonchev–Trinajstić information content (AvgIpc) is 3.22. The van der Waals surface area contributed by atoms with Gasteiger partial charge in [-0.25, -0.2) is 4.98 Å². The minimum atomic E-state index is -0.290. The maximum Gasteiger partial charge on any atom is 0.257 e. The number of aromatic nitrogens is 1. The third-order valence-electron chi connectivity index (χ3n) is 4.42. The third kappa shape index (κ3) is 4.64.